The van der Waals surface area contributed by atoms with Crippen molar-refractivity contribution in [3.05, 3.63) is 59.2 Å². The second-order valence-corrected chi connectivity index (χ2v) is 4.29. The van der Waals surface area contributed by atoms with E-state index in [-0.39, 0.29) is 22.4 Å². The van der Waals surface area contributed by atoms with Gasteiger partial charge in [-0.1, -0.05) is 24.3 Å². The summed E-state index contributed by atoms with van der Waals surface area (Å²) in [5.74, 6) is -2.55. The largest absolute Gasteiger partial charge is 0.507 e. The second kappa shape index (κ2) is 5.93. The number of halogens is 1. The normalized spacial score (nSPS) is 9.82. The molecule has 6 nitrogen and oxygen atoms in total. The van der Waals surface area contributed by atoms with Crippen LogP contribution < -0.4 is 11.5 Å². The maximum Gasteiger partial charge on any atom is 0.283 e. The Morgan fingerprint density at radius 1 is 1.23 bits per heavy atom. The molecule has 0 bridgehead atoms. The van der Waals surface area contributed by atoms with Gasteiger partial charge in [-0.05, 0) is 12.1 Å². The third-order valence-electron chi connectivity index (χ3n) is 2.87. The van der Waals surface area contributed by atoms with E-state index in [1.165, 1.54) is 24.3 Å². The zero-order valence-electron chi connectivity index (χ0n) is 11.2. The number of aliphatic imine (C=N–C) groups is 1. The van der Waals surface area contributed by atoms with Gasteiger partial charge in [-0.2, -0.15) is 4.99 Å². The van der Waals surface area contributed by atoms with Gasteiger partial charge in [0.2, 0.25) is 0 Å². The van der Waals surface area contributed by atoms with Crippen LogP contribution in [0.5, 0.6) is 5.75 Å². The van der Waals surface area contributed by atoms with Crippen LogP contribution in [0.4, 0.5) is 10.1 Å². The number of rotatable bonds is 2. The Kier molecular flexibility index (Phi) is 4.04. The minimum atomic E-state index is -0.957. The first-order valence-corrected chi connectivity index (χ1v) is 6.08. The third kappa shape index (κ3) is 2.71. The number of carbonyl (C=O) groups excluding carboxylic acids is 1. The number of guanidine groups is 1. The van der Waals surface area contributed by atoms with Crippen LogP contribution in [0, 0.1) is 12.4 Å². The maximum absolute atomic E-state index is 14.0. The molecule has 5 N–H and O–H groups in total. The van der Waals surface area contributed by atoms with E-state index in [1.54, 1.807) is 6.07 Å². The summed E-state index contributed by atoms with van der Waals surface area (Å²) in [6.07, 6.45) is 0. The van der Waals surface area contributed by atoms with Crippen LogP contribution in [0.25, 0.3) is 16.0 Å². The fourth-order valence-corrected chi connectivity index (χ4v) is 2.00. The van der Waals surface area contributed by atoms with Gasteiger partial charge >= 0.3 is 0 Å². The molecular weight excluding hydrogens is 287 g/mol. The molecule has 1 amide bonds. The number of carbonyl (C=O) groups is 1. The molecule has 0 saturated heterocycles. The van der Waals surface area contributed by atoms with Crippen LogP contribution in [-0.2, 0) is 0 Å². The predicted octanol–water partition coefficient (Wildman–Crippen LogP) is 2.16. The molecule has 0 heterocycles. The molecule has 110 valence electrons. The molecule has 0 unspecified atom stereocenters. The SMILES string of the molecule is [C-]#[N+]c1ccc(O)c(C(=O)N=C(N)N)c1-c1ccccc1F. The molecule has 0 aliphatic rings. The van der Waals surface area contributed by atoms with Crippen LogP contribution in [0.2, 0.25) is 0 Å². The van der Waals surface area contributed by atoms with Gasteiger partial charge in [0.05, 0.1) is 12.1 Å². The molecule has 0 atom stereocenters. The molecular formula is C15H11FN4O2. The highest BCUT2D eigenvalue weighted by molar-refractivity contribution is 6.10. The number of nitrogens with two attached hydrogens (primary N) is 2. The fraction of sp³-hybridized carbons (Fsp3) is 0. The summed E-state index contributed by atoms with van der Waals surface area (Å²) in [5.41, 5.74) is 9.94. The van der Waals surface area contributed by atoms with Crippen molar-refractivity contribution in [1.29, 1.82) is 0 Å². The lowest BCUT2D eigenvalue weighted by Gasteiger charge is -2.12. The smallest absolute Gasteiger partial charge is 0.283 e. The first-order valence-electron chi connectivity index (χ1n) is 6.08. The monoisotopic (exact) mass is 298 g/mol. The van der Waals surface area contributed by atoms with Crippen molar-refractivity contribution < 1.29 is 14.3 Å². The van der Waals surface area contributed by atoms with Gasteiger partial charge in [0.25, 0.3) is 5.91 Å². The van der Waals surface area contributed by atoms with Crippen LogP contribution in [-0.4, -0.2) is 17.0 Å². The summed E-state index contributed by atoms with van der Waals surface area (Å²) in [7, 11) is 0. The Morgan fingerprint density at radius 3 is 2.50 bits per heavy atom. The molecule has 2 aromatic rings. The Bertz CT molecular complexity index is 821. The van der Waals surface area contributed by atoms with E-state index in [2.05, 4.69) is 9.84 Å². The van der Waals surface area contributed by atoms with Crippen LogP contribution in [0.3, 0.4) is 0 Å². The highest BCUT2D eigenvalue weighted by atomic mass is 19.1. The van der Waals surface area contributed by atoms with Crippen LogP contribution >= 0.6 is 0 Å². The van der Waals surface area contributed by atoms with Crippen LogP contribution in [0.1, 0.15) is 10.4 Å². The van der Waals surface area contributed by atoms with Gasteiger partial charge < -0.3 is 16.6 Å². The molecule has 22 heavy (non-hydrogen) atoms. The van der Waals surface area contributed by atoms with Gasteiger partial charge in [-0.15, -0.1) is 0 Å². The molecule has 7 heteroatoms. The highest BCUT2D eigenvalue weighted by Gasteiger charge is 2.22. The van der Waals surface area contributed by atoms with Crippen molar-refractivity contribution in [2.75, 3.05) is 0 Å². The van der Waals surface area contributed by atoms with E-state index in [9.17, 15) is 14.3 Å². The summed E-state index contributed by atoms with van der Waals surface area (Å²) in [4.78, 5) is 18.7. The van der Waals surface area contributed by atoms with E-state index in [0.717, 1.165) is 6.07 Å². The van der Waals surface area contributed by atoms with E-state index < -0.39 is 23.4 Å². The number of benzene rings is 2. The first-order chi connectivity index (χ1) is 10.5. The van der Waals surface area contributed by atoms with Gasteiger partial charge in [-0.25, -0.2) is 9.24 Å². The zero-order chi connectivity index (χ0) is 16.3. The standard InChI is InChI=1S/C15H11FN4O2/c1-19-10-6-7-11(21)13(14(22)20-15(17)18)12(10)8-4-2-3-5-9(8)16/h2-7,21H,(H4,17,18,20,22). The van der Waals surface area contributed by atoms with E-state index >= 15 is 0 Å². The number of hydrogen-bond acceptors (Lipinski definition) is 2. The topological polar surface area (TPSA) is 106 Å². The van der Waals surface area contributed by atoms with Crippen LogP contribution in [0.15, 0.2) is 41.4 Å². The predicted molar refractivity (Wildman–Crippen MR) is 79.9 cm³/mol. The molecule has 2 rings (SSSR count). The number of hydrogen-bond donors (Lipinski definition) is 3. The van der Waals surface area contributed by atoms with Crippen molar-refractivity contribution in [3.8, 4) is 16.9 Å². The molecule has 0 spiro atoms. The van der Waals surface area contributed by atoms with Crippen molar-refractivity contribution in [3.63, 3.8) is 0 Å². The fourth-order valence-electron chi connectivity index (χ4n) is 2.00. The lowest BCUT2D eigenvalue weighted by Crippen LogP contribution is -2.24. The average molecular weight is 298 g/mol. The summed E-state index contributed by atoms with van der Waals surface area (Å²) >= 11 is 0. The summed E-state index contributed by atoms with van der Waals surface area (Å²) < 4.78 is 14.0. The second-order valence-electron chi connectivity index (χ2n) is 4.29. The summed E-state index contributed by atoms with van der Waals surface area (Å²) in [5, 5.41) is 9.95. The Hall–Kier alpha value is -3.40. The highest BCUT2D eigenvalue weighted by Crippen LogP contribution is 2.39. The molecule has 0 aliphatic carbocycles. The molecule has 0 fully saturated rings. The van der Waals surface area contributed by atoms with E-state index in [4.69, 9.17) is 18.0 Å². The Morgan fingerprint density at radius 2 is 1.91 bits per heavy atom. The van der Waals surface area contributed by atoms with Gasteiger partial charge in [0, 0.05) is 11.1 Å². The maximum atomic E-state index is 14.0. The zero-order valence-corrected chi connectivity index (χ0v) is 11.2. The third-order valence-corrected chi connectivity index (χ3v) is 2.87. The molecule has 0 aliphatic heterocycles. The minimum Gasteiger partial charge on any atom is -0.507 e. The summed E-state index contributed by atoms with van der Waals surface area (Å²) in [6.45, 7) is 7.18. The molecule has 0 radical (unpaired) electrons. The number of phenolic OH excluding ortho intramolecular Hbond substituents is 1. The summed E-state index contributed by atoms with van der Waals surface area (Å²) in [6, 6.07) is 8.04. The number of amides is 1. The first kappa shape index (κ1) is 15.0. The van der Waals surface area contributed by atoms with Crippen molar-refractivity contribution >= 4 is 17.6 Å². The minimum absolute atomic E-state index is 0.00135. The number of nitrogens with zero attached hydrogens (tertiary/aromatic N) is 2. The van der Waals surface area contributed by atoms with Crippen molar-refractivity contribution in [2.45, 2.75) is 0 Å². The lowest BCUT2D eigenvalue weighted by atomic mass is 9.96. The van der Waals surface area contributed by atoms with Crippen molar-refractivity contribution in [2.24, 2.45) is 16.5 Å². The van der Waals surface area contributed by atoms with Gasteiger partial charge in [0.15, 0.2) is 11.6 Å². The average Bonchev–Trinajstić information content (AvgIpc) is 2.46. The lowest BCUT2D eigenvalue weighted by molar-refractivity contribution is 0.100. The Labute approximate surface area is 125 Å². The quantitative estimate of drug-likeness (QED) is 0.448. The molecule has 0 aromatic heterocycles. The van der Waals surface area contributed by atoms with Crippen molar-refractivity contribution in [1.82, 2.24) is 0 Å². The number of aromatic hydroxyl groups is 1. The van der Waals surface area contributed by atoms with E-state index in [1.807, 2.05) is 0 Å². The van der Waals surface area contributed by atoms with Gasteiger partial charge in [0.1, 0.15) is 11.6 Å². The molecule has 2 aromatic carbocycles. The van der Waals surface area contributed by atoms with E-state index in [0.29, 0.717) is 0 Å². The molecule has 0 saturated carbocycles. The Balaban J connectivity index is 2.85. The van der Waals surface area contributed by atoms with Gasteiger partial charge in [-0.3, -0.25) is 4.79 Å². The number of phenols is 1.